The van der Waals surface area contributed by atoms with E-state index in [1.54, 1.807) is 0 Å². The zero-order chi connectivity index (χ0) is 17.4. The Labute approximate surface area is 149 Å². The Hall–Kier alpha value is -2.24. The Morgan fingerprint density at radius 2 is 2.08 bits per heavy atom. The molecule has 2 aromatic heterocycles. The maximum atomic E-state index is 4.94. The lowest BCUT2D eigenvalue weighted by Crippen LogP contribution is -2.34. The minimum atomic E-state index is 0.544. The molecule has 0 spiro atoms. The summed E-state index contributed by atoms with van der Waals surface area (Å²) in [6, 6.07) is 2.11. The zero-order valence-corrected chi connectivity index (χ0v) is 15.1. The molecule has 132 valence electrons. The Morgan fingerprint density at radius 1 is 1.28 bits per heavy atom. The van der Waals surface area contributed by atoms with Gasteiger partial charge in [0.1, 0.15) is 11.6 Å². The summed E-state index contributed by atoms with van der Waals surface area (Å²) in [4.78, 5) is 12.0. The van der Waals surface area contributed by atoms with Crippen LogP contribution in [-0.2, 0) is 13.6 Å². The van der Waals surface area contributed by atoms with Gasteiger partial charge in [-0.15, -0.1) is 5.10 Å². The summed E-state index contributed by atoms with van der Waals surface area (Å²) in [5.41, 5.74) is 3.51. The monoisotopic (exact) mass is 338 g/mol. The molecule has 2 aromatic rings. The summed E-state index contributed by atoms with van der Waals surface area (Å²) < 4.78 is 1.84. The van der Waals surface area contributed by atoms with Crippen LogP contribution in [0, 0.1) is 12.8 Å². The molecule has 6 heteroatoms. The van der Waals surface area contributed by atoms with Gasteiger partial charge in [-0.05, 0) is 38.5 Å². The summed E-state index contributed by atoms with van der Waals surface area (Å²) in [6.45, 7) is 7.92. The predicted molar refractivity (Wildman–Crippen MR) is 97.3 cm³/mol. The second-order valence-electron chi connectivity index (χ2n) is 7.61. The number of allylic oxidation sites excluding steroid dienone is 1. The van der Waals surface area contributed by atoms with Crippen molar-refractivity contribution in [2.24, 2.45) is 13.0 Å². The van der Waals surface area contributed by atoms with Crippen molar-refractivity contribution in [3.63, 3.8) is 0 Å². The molecule has 25 heavy (non-hydrogen) atoms. The van der Waals surface area contributed by atoms with Gasteiger partial charge in [0.15, 0.2) is 0 Å². The minimum absolute atomic E-state index is 0.544. The largest absolute Gasteiger partial charge is 0.350 e. The van der Waals surface area contributed by atoms with E-state index in [-0.39, 0.29) is 0 Å². The summed E-state index contributed by atoms with van der Waals surface area (Å²) in [5, 5.41) is 8.09. The van der Waals surface area contributed by atoms with Crippen LogP contribution < -0.4 is 4.90 Å². The number of aromatic nitrogens is 5. The molecule has 2 heterocycles. The number of anilines is 1. The van der Waals surface area contributed by atoms with Gasteiger partial charge in [0.25, 0.3) is 0 Å². The summed E-state index contributed by atoms with van der Waals surface area (Å²) in [5.74, 6) is 3.26. The molecule has 2 saturated carbocycles. The first kappa shape index (κ1) is 16.2. The van der Waals surface area contributed by atoms with Crippen molar-refractivity contribution in [1.82, 2.24) is 25.0 Å². The molecule has 0 radical (unpaired) electrons. The van der Waals surface area contributed by atoms with Gasteiger partial charge in [-0.3, -0.25) is 4.68 Å². The summed E-state index contributed by atoms with van der Waals surface area (Å²) in [6.07, 6.45) is 7.83. The van der Waals surface area contributed by atoms with Crippen LogP contribution in [0.3, 0.4) is 0 Å². The molecule has 0 aliphatic heterocycles. The Morgan fingerprint density at radius 3 is 2.68 bits per heavy atom. The van der Waals surface area contributed by atoms with Crippen LogP contribution in [0.25, 0.3) is 0 Å². The van der Waals surface area contributed by atoms with Crippen LogP contribution in [0.2, 0.25) is 0 Å². The van der Waals surface area contributed by atoms with Crippen molar-refractivity contribution in [3.05, 3.63) is 41.6 Å². The molecule has 0 amide bonds. The van der Waals surface area contributed by atoms with E-state index in [0.29, 0.717) is 11.8 Å². The Balaban J connectivity index is 1.60. The molecule has 6 nitrogen and oxygen atoms in total. The first-order valence-electron chi connectivity index (χ1n) is 9.19. The topological polar surface area (TPSA) is 59.7 Å². The van der Waals surface area contributed by atoms with Gasteiger partial charge < -0.3 is 4.90 Å². The highest BCUT2D eigenvalue weighted by atomic mass is 15.4. The SMILES string of the molecule is C=C1CC(CN(Cc2cnnn2C)c2cc(C)nc(C3CCC3)n2)C1. The van der Waals surface area contributed by atoms with Crippen LogP contribution in [0.15, 0.2) is 24.4 Å². The van der Waals surface area contributed by atoms with Crippen molar-refractivity contribution in [2.45, 2.75) is 51.5 Å². The smallest absolute Gasteiger partial charge is 0.134 e. The molecule has 0 bridgehead atoms. The van der Waals surface area contributed by atoms with Crippen molar-refractivity contribution in [2.75, 3.05) is 11.4 Å². The van der Waals surface area contributed by atoms with Gasteiger partial charge >= 0.3 is 0 Å². The molecule has 0 saturated heterocycles. The molecule has 0 N–H and O–H groups in total. The molecule has 2 aliphatic rings. The van der Waals surface area contributed by atoms with E-state index in [1.165, 1.54) is 24.8 Å². The maximum absolute atomic E-state index is 4.94. The molecular weight excluding hydrogens is 312 g/mol. The number of hydrogen-bond donors (Lipinski definition) is 0. The van der Waals surface area contributed by atoms with Crippen molar-refractivity contribution < 1.29 is 0 Å². The molecule has 2 aliphatic carbocycles. The quantitative estimate of drug-likeness (QED) is 0.757. The number of aryl methyl sites for hydroxylation is 2. The third kappa shape index (κ3) is 3.43. The lowest BCUT2D eigenvalue weighted by molar-refractivity contribution is 0.397. The van der Waals surface area contributed by atoms with Crippen molar-refractivity contribution in [3.8, 4) is 0 Å². The third-order valence-electron chi connectivity index (χ3n) is 5.45. The number of nitrogens with zero attached hydrogens (tertiary/aromatic N) is 6. The molecule has 0 unspecified atom stereocenters. The van der Waals surface area contributed by atoms with E-state index in [4.69, 9.17) is 9.97 Å². The van der Waals surface area contributed by atoms with E-state index in [1.807, 2.05) is 17.9 Å². The standard InChI is InChI=1S/C19H26N6/c1-13-7-15(8-13)11-25(12-17-10-20-23-24(17)3)18-9-14(2)21-19(22-18)16-5-4-6-16/h9-10,15-16H,1,4-8,11-12H2,2-3H3. The molecule has 4 rings (SSSR count). The molecule has 0 atom stereocenters. The highest BCUT2D eigenvalue weighted by Gasteiger charge is 2.27. The van der Waals surface area contributed by atoms with E-state index < -0.39 is 0 Å². The lowest BCUT2D eigenvalue weighted by atomic mass is 9.81. The fourth-order valence-corrected chi connectivity index (χ4v) is 3.67. The minimum Gasteiger partial charge on any atom is -0.350 e. The average molecular weight is 338 g/mol. The van der Waals surface area contributed by atoms with Crippen molar-refractivity contribution >= 4 is 5.82 Å². The first-order chi connectivity index (χ1) is 12.1. The van der Waals surface area contributed by atoms with E-state index >= 15 is 0 Å². The Bertz CT molecular complexity index is 768. The summed E-state index contributed by atoms with van der Waals surface area (Å²) >= 11 is 0. The highest BCUT2D eigenvalue weighted by molar-refractivity contribution is 5.41. The fraction of sp³-hybridized carbons (Fsp3) is 0.579. The molecular formula is C19H26N6. The van der Waals surface area contributed by atoms with Crippen LogP contribution in [0.5, 0.6) is 0 Å². The van der Waals surface area contributed by atoms with Crippen LogP contribution in [-0.4, -0.2) is 31.5 Å². The second kappa shape index (κ2) is 6.58. The van der Waals surface area contributed by atoms with Gasteiger partial charge in [-0.25, -0.2) is 9.97 Å². The van der Waals surface area contributed by atoms with E-state index in [0.717, 1.165) is 49.0 Å². The Kier molecular flexibility index (Phi) is 4.27. The third-order valence-corrected chi connectivity index (χ3v) is 5.45. The fourth-order valence-electron chi connectivity index (χ4n) is 3.67. The van der Waals surface area contributed by atoms with Crippen LogP contribution in [0.4, 0.5) is 5.82 Å². The van der Waals surface area contributed by atoms with E-state index in [9.17, 15) is 0 Å². The normalized spacial score (nSPS) is 18.1. The first-order valence-corrected chi connectivity index (χ1v) is 9.19. The molecule has 2 fully saturated rings. The lowest BCUT2D eigenvalue weighted by Gasteiger charge is -2.35. The van der Waals surface area contributed by atoms with Gasteiger partial charge in [0.2, 0.25) is 0 Å². The van der Waals surface area contributed by atoms with Crippen molar-refractivity contribution in [1.29, 1.82) is 0 Å². The number of hydrogen-bond acceptors (Lipinski definition) is 5. The van der Waals surface area contributed by atoms with Gasteiger partial charge in [0, 0.05) is 31.3 Å². The number of rotatable bonds is 6. The van der Waals surface area contributed by atoms with Gasteiger partial charge in [0.05, 0.1) is 18.4 Å². The van der Waals surface area contributed by atoms with E-state index in [2.05, 4.69) is 34.8 Å². The predicted octanol–water partition coefficient (Wildman–Crippen LogP) is 3.15. The maximum Gasteiger partial charge on any atom is 0.134 e. The van der Waals surface area contributed by atoms with Gasteiger partial charge in [-0.1, -0.05) is 23.8 Å². The molecule has 0 aromatic carbocycles. The van der Waals surface area contributed by atoms with Crippen LogP contribution in [0.1, 0.15) is 55.2 Å². The van der Waals surface area contributed by atoms with Crippen LogP contribution >= 0.6 is 0 Å². The van der Waals surface area contributed by atoms with Gasteiger partial charge in [-0.2, -0.15) is 0 Å². The highest BCUT2D eigenvalue weighted by Crippen LogP contribution is 2.36. The average Bonchev–Trinajstić information content (AvgIpc) is 2.87. The second-order valence-corrected chi connectivity index (χ2v) is 7.61. The summed E-state index contributed by atoms with van der Waals surface area (Å²) in [7, 11) is 1.94. The zero-order valence-electron chi connectivity index (χ0n) is 15.1.